The molecule has 0 aliphatic carbocycles. The van der Waals surface area contributed by atoms with Crippen molar-refractivity contribution in [2.24, 2.45) is 0 Å². The zero-order valence-corrected chi connectivity index (χ0v) is 14.5. The molecule has 2 rings (SSSR count). The van der Waals surface area contributed by atoms with Crippen LogP contribution in [0.15, 0.2) is 42.5 Å². The summed E-state index contributed by atoms with van der Waals surface area (Å²) in [6, 6.07) is 12.8. The van der Waals surface area contributed by atoms with Gasteiger partial charge in [-0.1, -0.05) is 43.2 Å². The molecule has 0 radical (unpaired) electrons. The molecule has 4 nitrogen and oxygen atoms in total. The highest BCUT2D eigenvalue weighted by Gasteiger charge is 2.15. The van der Waals surface area contributed by atoms with Crippen LogP contribution >= 0.6 is 0 Å². The standard InChI is InChI=1S/C20H24N2O2/c1-4-5-12-21-19(23)16-8-6-7-9-18(16)22-20(24)17-13-14(2)10-11-15(17)3/h6-11,13H,4-5,12H2,1-3H3,(H,21,23)(H,22,24). The zero-order chi connectivity index (χ0) is 17.5. The van der Waals surface area contributed by atoms with E-state index in [4.69, 9.17) is 0 Å². The molecule has 0 unspecified atom stereocenters. The number of amides is 2. The van der Waals surface area contributed by atoms with Crippen LogP contribution < -0.4 is 10.6 Å². The fourth-order valence-corrected chi connectivity index (χ4v) is 2.43. The fourth-order valence-electron chi connectivity index (χ4n) is 2.43. The second kappa shape index (κ2) is 8.29. The van der Waals surface area contributed by atoms with E-state index in [1.165, 1.54) is 0 Å². The van der Waals surface area contributed by atoms with E-state index in [2.05, 4.69) is 17.6 Å². The van der Waals surface area contributed by atoms with E-state index in [9.17, 15) is 9.59 Å². The summed E-state index contributed by atoms with van der Waals surface area (Å²) in [7, 11) is 0. The second-order valence-electron chi connectivity index (χ2n) is 5.93. The molecule has 2 aromatic rings. The lowest BCUT2D eigenvalue weighted by molar-refractivity contribution is 0.0954. The van der Waals surface area contributed by atoms with Crippen LogP contribution in [0.25, 0.3) is 0 Å². The molecule has 0 spiro atoms. The molecular formula is C20H24N2O2. The number of hydrogen-bond acceptors (Lipinski definition) is 2. The molecule has 24 heavy (non-hydrogen) atoms. The van der Waals surface area contributed by atoms with Gasteiger partial charge in [0.25, 0.3) is 11.8 Å². The summed E-state index contributed by atoms with van der Waals surface area (Å²) in [4.78, 5) is 24.9. The van der Waals surface area contributed by atoms with Crippen LogP contribution in [0.4, 0.5) is 5.69 Å². The average molecular weight is 324 g/mol. The highest BCUT2D eigenvalue weighted by Crippen LogP contribution is 2.18. The monoisotopic (exact) mass is 324 g/mol. The number of rotatable bonds is 6. The van der Waals surface area contributed by atoms with E-state index >= 15 is 0 Å². The first-order valence-corrected chi connectivity index (χ1v) is 8.28. The molecule has 0 aliphatic rings. The van der Waals surface area contributed by atoms with Gasteiger partial charge in [-0.3, -0.25) is 9.59 Å². The molecule has 2 N–H and O–H groups in total. The van der Waals surface area contributed by atoms with Crippen molar-refractivity contribution in [1.82, 2.24) is 5.32 Å². The largest absolute Gasteiger partial charge is 0.352 e. The van der Waals surface area contributed by atoms with Gasteiger partial charge >= 0.3 is 0 Å². The van der Waals surface area contributed by atoms with Crippen molar-refractivity contribution >= 4 is 17.5 Å². The number of unbranched alkanes of at least 4 members (excludes halogenated alkanes) is 1. The number of nitrogens with one attached hydrogen (secondary N) is 2. The van der Waals surface area contributed by atoms with Gasteiger partial charge in [-0.25, -0.2) is 0 Å². The van der Waals surface area contributed by atoms with Crippen LogP contribution in [0.5, 0.6) is 0 Å². The topological polar surface area (TPSA) is 58.2 Å². The normalized spacial score (nSPS) is 10.3. The lowest BCUT2D eigenvalue weighted by Crippen LogP contribution is -2.26. The molecule has 2 amide bonds. The van der Waals surface area contributed by atoms with E-state index < -0.39 is 0 Å². The molecule has 4 heteroatoms. The second-order valence-corrected chi connectivity index (χ2v) is 5.93. The first-order valence-electron chi connectivity index (χ1n) is 8.28. The lowest BCUT2D eigenvalue weighted by atomic mass is 10.0. The van der Waals surface area contributed by atoms with Gasteiger partial charge < -0.3 is 10.6 Å². The van der Waals surface area contributed by atoms with Crippen molar-refractivity contribution < 1.29 is 9.59 Å². The number of para-hydroxylation sites is 1. The van der Waals surface area contributed by atoms with Gasteiger partial charge in [0.2, 0.25) is 0 Å². The molecule has 0 saturated heterocycles. The van der Waals surface area contributed by atoms with Crippen molar-refractivity contribution in [3.63, 3.8) is 0 Å². The van der Waals surface area contributed by atoms with Gasteiger partial charge in [-0.15, -0.1) is 0 Å². The van der Waals surface area contributed by atoms with Gasteiger partial charge in [0.15, 0.2) is 0 Å². The molecule has 126 valence electrons. The summed E-state index contributed by atoms with van der Waals surface area (Å²) in [5.41, 5.74) is 3.56. The molecular weight excluding hydrogens is 300 g/mol. The molecule has 0 bridgehead atoms. The Balaban J connectivity index is 2.19. The molecule has 0 aromatic heterocycles. The van der Waals surface area contributed by atoms with Crippen LogP contribution in [0, 0.1) is 13.8 Å². The maximum absolute atomic E-state index is 12.6. The molecule has 0 saturated carbocycles. The lowest BCUT2D eigenvalue weighted by Gasteiger charge is -2.12. The van der Waals surface area contributed by atoms with Gasteiger partial charge in [-0.2, -0.15) is 0 Å². The van der Waals surface area contributed by atoms with Crippen LogP contribution in [-0.4, -0.2) is 18.4 Å². The maximum atomic E-state index is 12.6. The Morgan fingerprint density at radius 1 is 0.958 bits per heavy atom. The van der Waals surface area contributed by atoms with Crippen LogP contribution in [0.1, 0.15) is 51.6 Å². The fraction of sp³-hybridized carbons (Fsp3) is 0.300. The summed E-state index contributed by atoms with van der Waals surface area (Å²) >= 11 is 0. The van der Waals surface area contributed by atoms with Crippen molar-refractivity contribution in [2.45, 2.75) is 33.6 Å². The third-order valence-electron chi connectivity index (χ3n) is 3.87. The minimum atomic E-state index is -0.204. The van der Waals surface area contributed by atoms with E-state index in [0.717, 1.165) is 24.0 Å². The van der Waals surface area contributed by atoms with Crippen molar-refractivity contribution in [3.8, 4) is 0 Å². The SMILES string of the molecule is CCCCNC(=O)c1ccccc1NC(=O)c1cc(C)ccc1C. The van der Waals surface area contributed by atoms with Crippen molar-refractivity contribution in [2.75, 3.05) is 11.9 Å². The Morgan fingerprint density at radius 2 is 1.71 bits per heavy atom. The number of aryl methyl sites for hydroxylation is 2. The Labute approximate surface area is 143 Å². The Hall–Kier alpha value is -2.62. The molecule has 0 fully saturated rings. The van der Waals surface area contributed by atoms with Crippen LogP contribution in [-0.2, 0) is 0 Å². The predicted octanol–water partition coefficient (Wildman–Crippen LogP) is 4.09. The van der Waals surface area contributed by atoms with E-state index in [1.54, 1.807) is 18.2 Å². The number of carbonyl (C=O) groups is 2. The Bertz CT molecular complexity index is 738. The molecule has 0 atom stereocenters. The highest BCUT2D eigenvalue weighted by atomic mass is 16.2. The number of hydrogen-bond donors (Lipinski definition) is 2. The third-order valence-corrected chi connectivity index (χ3v) is 3.87. The Kier molecular flexibility index (Phi) is 6.13. The summed E-state index contributed by atoms with van der Waals surface area (Å²) in [6.45, 7) is 6.56. The molecule has 0 heterocycles. The summed E-state index contributed by atoms with van der Waals surface area (Å²) in [5, 5.41) is 5.75. The van der Waals surface area contributed by atoms with E-state index in [0.29, 0.717) is 23.4 Å². The summed E-state index contributed by atoms with van der Waals surface area (Å²) in [5.74, 6) is -0.370. The number of carbonyl (C=O) groups excluding carboxylic acids is 2. The first kappa shape index (κ1) is 17.7. The van der Waals surface area contributed by atoms with E-state index in [1.807, 2.05) is 38.1 Å². The highest BCUT2D eigenvalue weighted by molar-refractivity contribution is 6.09. The first-order chi connectivity index (χ1) is 11.5. The van der Waals surface area contributed by atoms with Crippen molar-refractivity contribution in [1.29, 1.82) is 0 Å². The number of anilines is 1. The predicted molar refractivity (Wildman–Crippen MR) is 97.6 cm³/mol. The van der Waals surface area contributed by atoms with Gasteiger partial charge in [0.1, 0.15) is 0 Å². The summed E-state index contributed by atoms with van der Waals surface area (Å²) in [6.07, 6.45) is 1.95. The zero-order valence-electron chi connectivity index (χ0n) is 14.5. The van der Waals surface area contributed by atoms with Crippen molar-refractivity contribution in [3.05, 3.63) is 64.7 Å². The van der Waals surface area contributed by atoms with Crippen LogP contribution in [0.3, 0.4) is 0 Å². The van der Waals surface area contributed by atoms with Crippen LogP contribution in [0.2, 0.25) is 0 Å². The van der Waals surface area contributed by atoms with E-state index in [-0.39, 0.29) is 11.8 Å². The third kappa shape index (κ3) is 4.44. The van der Waals surface area contributed by atoms with Gasteiger partial charge in [0, 0.05) is 12.1 Å². The average Bonchev–Trinajstić information content (AvgIpc) is 2.57. The van der Waals surface area contributed by atoms with Gasteiger partial charge in [0.05, 0.1) is 11.3 Å². The Morgan fingerprint density at radius 3 is 2.46 bits per heavy atom. The maximum Gasteiger partial charge on any atom is 0.255 e. The number of benzene rings is 2. The quantitative estimate of drug-likeness (QED) is 0.786. The molecule has 0 aliphatic heterocycles. The summed E-state index contributed by atoms with van der Waals surface area (Å²) < 4.78 is 0. The smallest absolute Gasteiger partial charge is 0.255 e. The van der Waals surface area contributed by atoms with Gasteiger partial charge in [-0.05, 0) is 44.0 Å². The minimum absolute atomic E-state index is 0.166. The molecule has 2 aromatic carbocycles. The minimum Gasteiger partial charge on any atom is -0.352 e.